The van der Waals surface area contributed by atoms with Crippen LogP contribution in [0.25, 0.3) is 0 Å². The molecule has 1 unspecified atom stereocenters. The molecule has 104 valence electrons. The van der Waals surface area contributed by atoms with E-state index in [9.17, 15) is 9.59 Å². The SMILES string of the molecule is CC(=O)C(C)N1CCN(C(=O)OC(C)(C)C)CC1. The first-order valence-corrected chi connectivity index (χ1v) is 6.43. The number of carbonyl (C=O) groups excluding carboxylic acids is 2. The van der Waals surface area contributed by atoms with E-state index in [0.29, 0.717) is 13.1 Å². The molecule has 0 saturated carbocycles. The first kappa shape index (κ1) is 15.0. The van der Waals surface area contributed by atoms with Gasteiger partial charge in [-0.05, 0) is 34.6 Å². The van der Waals surface area contributed by atoms with Gasteiger partial charge in [0.1, 0.15) is 11.4 Å². The number of ether oxygens (including phenoxy) is 1. The molecule has 1 rings (SSSR count). The smallest absolute Gasteiger partial charge is 0.410 e. The summed E-state index contributed by atoms with van der Waals surface area (Å²) in [7, 11) is 0. The summed E-state index contributed by atoms with van der Waals surface area (Å²) in [5, 5.41) is 0. The fourth-order valence-corrected chi connectivity index (χ4v) is 1.88. The van der Waals surface area contributed by atoms with Crippen molar-refractivity contribution in [2.45, 2.75) is 46.3 Å². The number of carbonyl (C=O) groups is 2. The van der Waals surface area contributed by atoms with Crippen LogP contribution in [-0.4, -0.2) is 59.5 Å². The van der Waals surface area contributed by atoms with Crippen LogP contribution in [0.5, 0.6) is 0 Å². The predicted octanol–water partition coefficient (Wildman–Crippen LogP) is 1.52. The van der Waals surface area contributed by atoms with Crippen molar-refractivity contribution in [2.24, 2.45) is 0 Å². The largest absolute Gasteiger partial charge is 0.444 e. The number of amides is 1. The van der Waals surface area contributed by atoms with Crippen LogP contribution in [0, 0.1) is 0 Å². The molecule has 1 amide bonds. The fourth-order valence-electron chi connectivity index (χ4n) is 1.88. The maximum absolute atomic E-state index is 11.8. The van der Waals surface area contributed by atoms with Gasteiger partial charge in [0.25, 0.3) is 0 Å². The molecule has 1 aliphatic rings. The molecule has 0 aliphatic carbocycles. The van der Waals surface area contributed by atoms with Gasteiger partial charge in [-0.25, -0.2) is 4.79 Å². The van der Waals surface area contributed by atoms with Crippen molar-refractivity contribution in [1.29, 1.82) is 0 Å². The normalized spacial score (nSPS) is 19.5. The minimum Gasteiger partial charge on any atom is -0.444 e. The molecule has 0 aromatic carbocycles. The molecule has 0 spiro atoms. The Balaban J connectivity index is 2.44. The highest BCUT2D eigenvalue weighted by Crippen LogP contribution is 2.13. The van der Waals surface area contributed by atoms with Crippen molar-refractivity contribution in [2.75, 3.05) is 26.2 Å². The van der Waals surface area contributed by atoms with Crippen LogP contribution in [0.3, 0.4) is 0 Å². The Morgan fingerprint density at radius 1 is 1.11 bits per heavy atom. The molecular weight excluding hydrogens is 232 g/mol. The van der Waals surface area contributed by atoms with Crippen LogP contribution < -0.4 is 0 Å². The molecule has 5 heteroatoms. The first-order chi connectivity index (χ1) is 8.20. The summed E-state index contributed by atoms with van der Waals surface area (Å²) < 4.78 is 5.32. The lowest BCUT2D eigenvalue weighted by Gasteiger charge is -2.37. The summed E-state index contributed by atoms with van der Waals surface area (Å²) in [4.78, 5) is 26.9. The standard InChI is InChI=1S/C13H24N2O3/c1-10(11(2)16)14-6-8-15(9-7-14)12(17)18-13(3,4)5/h10H,6-9H2,1-5H3. The number of ketones is 1. The van der Waals surface area contributed by atoms with E-state index in [1.807, 2.05) is 27.7 Å². The Morgan fingerprint density at radius 2 is 1.61 bits per heavy atom. The summed E-state index contributed by atoms with van der Waals surface area (Å²) in [5.74, 6) is 0.167. The fraction of sp³-hybridized carbons (Fsp3) is 0.846. The average Bonchev–Trinajstić information content (AvgIpc) is 2.26. The lowest BCUT2D eigenvalue weighted by atomic mass is 10.1. The molecule has 0 aromatic rings. The molecule has 1 saturated heterocycles. The summed E-state index contributed by atoms with van der Waals surface area (Å²) in [6.45, 7) is 11.8. The monoisotopic (exact) mass is 256 g/mol. The van der Waals surface area contributed by atoms with Crippen LogP contribution in [0.4, 0.5) is 4.79 Å². The van der Waals surface area contributed by atoms with E-state index in [2.05, 4.69) is 4.90 Å². The summed E-state index contributed by atoms with van der Waals surface area (Å²) in [6, 6.07) is -0.0641. The Labute approximate surface area is 109 Å². The maximum Gasteiger partial charge on any atom is 0.410 e. The lowest BCUT2D eigenvalue weighted by molar-refractivity contribution is -0.122. The van der Waals surface area contributed by atoms with Crippen LogP contribution in [0.2, 0.25) is 0 Å². The minimum atomic E-state index is -0.457. The van der Waals surface area contributed by atoms with Gasteiger partial charge in [-0.15, -0.1) is 0 Å². The zero-order valence-corrected chi connectivity index (χ0v) is 12.0. The Morgan fingerprint density at radius 3 is 2.00 bits per heavy atom. The zero-order valence-electron chi connectivity index (χ0n) is 12.0. The average molecular weight is 256 g/mol. The van der Waals surface area contributed by atoms with Gasteiger partial charge in [-0.2, -0.15) is 0 Å². The molecule has 1 heterocycles. The topological polar surface area (TPSA) is 49.9 Å². The second-order valence-corrected chi connectivity index (χ2v) is 5.79. The molecule has 1 fully saturated rings. The van der Waals surface area contributed by atoms with Crippen molar-refractivity contribution in [3.63, 3.8) is 0 Å². The van der Waals surface area contributed by atoms with E-state index < -0.39 is 5.60 Å². The molecule has 0 bridgehead atoms. The minimum absolute atomic E-state index is 0.0641. The first-order valence-electron chi connectivity index (χ1n) is 6.43. The van der Waals surface area contributed by atoms with Gasteiger partial charge in [0.15, 0.2) is 0 Å². The molecular formula is C13H24N2O3. The third kappa shape index (κ3) is 4.29. The van der Waals surface area contributed by atoms with Gasteiger partial charge in [-0.1, -0.05) is 0 Å². The van der Waals surface area contributed by atoms with Crippen LogP contribution in [0.15, 0.2) is 0 Å². The van der Waals surface area contributed by atoms with E-state index in [-0.39, 0.29) is 17.9 Å². The van der Waals surface area contributed by atoms with Gasteiger partial charge in [0.05, 0.1) is 6.04 Å². The second-order valence-electron chi connectivity index (χ2n) is 5.79. The molecule has 5 nitrogen and oxygen atoms in total. The highest BCUT2D eigenvalue weighted by atomic mass is 16.6. The second kappa shape index (κ2) is 5.69. The van der Waals surface area contributed by atoms with E-state index >= 15 is 0 Å². The van der Waals surface area contributed by atoms with E-state index in [0.717, 1.165) is 13.1 Å². The van der Waals surface area contributed by atoms with Gasteiger partial charge in [-0.3, -0.25) is 9.69 Å². The van der Waals surface area contributed by atoms with Crippen molar-refractivity contribution >= 4 is 11.9 Å². The molecule has 1 atom stereocenters. The van der Waals surface area contributed by atoms with E-state index in [1.54, 1.807) is 11.8 Å². The van der Waals surface area contributed by atoms with Gasteiger partial charge in [0, 0.05) is 26.2 Å². The number of piperazine rings is 1. The summed E-state index contributed by atoms with van der Waals surface area (Å²) >= 11 is 0. The van der Waals surface area contributed by atoms with Crippen molar-refractivity contribution in [1.82, 2.24) is 9.80 Å². The maximum atomic E-state index is 11.8. The number of hydrogen-bond donors (Lipinski definition) is 0. The van der Waals surface area contributed by atoms with E-state index in [4.69, 9.17) is 4.74 Å². The van der Waals surface area contributed by atoms with Crippen LogP contribution >= 0.6 is 0 Å². The highest BCUT2D eigenvalue weighted by Gasteiger charge is 2.28. The molecule has 0 N–H and O–H groups in total. The molecule has 18 heavy (non-hydrogen) atoms. The highest BCUT2D eigenvalue weighted by molar-refractivity contribution is 5.81. The number of nitrogens with zero attached hydrogens (tertiary/aromatic N) is 2. The quantitative estimate of drug-likeness (QED) is 0.751. The van der Waals surface area contributed by atoms with Gasteiger partial charge < -0.3 is 9.64 Å². The van der Waals surface area contributed by atoms with Gasteiger partial charge in [0.2, 0.25) is 0 Å². The Hall–Kier alpha value is -1.10. The third-order valence-corrected chi connectivity index (χ3v) is 3.10. The van der Waals surface area contributed by atoms with E-state index in [1.165, 1.54) is 0 Å². The zero-order chi connectivity index (χ0) is 13.9. The van der Waals surface area contributed by atoms with Crippen molar-refractivity contribution in [3.05, 3.63) is 0 Å². The molecule has 0 radical (unpaired) electrons. The molecule has 1 aliphatic heterocycles. The van der Waals surface area contributed by atoms with Crippen molar-refractivity contribution in [3.8, 4) is 0 Å². The third-order valence-electron chi connectivity index (χ3n) is 3.10. The van der Waals surface area contributed by atoms with Crippen LogP contribution in [-0.2, 0) is 9.53 Å². The number of Topliss-reactive ketones (excluding diaryl/α,β-unsaturated/α-hetero) is 1. The molecule has 0 aromatic heterocycles. The predicted molar refractivity (Wildman–Crippen MR) is 69.5 cm³/mol. The number of rotatable bonds is 2. The van der Waals surface area contributed by atoms with Gasteiger partial charge >= 0.3 is 6.09 Å². The Bertz CT molecular complexity index is 315. The lowest BCUT2D eigenvalue weighted by Crippen LogP contribution is -2.53. The van der Waals surface area contributed by atoms with Crippen molar-refractivity contribution < 1.29 is 14.3 Å². The Kier molecular flexibility index (Phi) is 4.73. The number of hydrogen-bond acceptors (Lipinski definition) is 4. The summed E-state index contributed by atoms with van der Waals surface area (Å²) in [6.07, 6.45) is -0.266. The van der Waals surface area contributed by atoms with Crippen LogP contribution in [0.1, 0.15) is 34.6 Å². The summed E-state index contributed by atoms with van der Waals surface area (Å²) in [5.41, 5.74) is -0.457.